The first-order valence-electron chi connectivity index (χ1n) is 3.84. The smallest absolute Gasteiger partial charge is 0.297 e. The van der Waals surface area contributed by atoms with E-state index in [1.807, 2.05) is 11.4 Å². The number of urea groups is 1. The molecular formula is C8H6N4OS. The van der Waals surface area contributed by atoms with Crippen LogP contribution in [-0.4, -0.2) is 24.4 Å². The second-order valence-electron chi connectivity index (χ2n) is 2.38. The van der Waals surface area contributed by atoms with E-state index in [-0.39, 0.29) is 5.96 Å². The van der Waals surface area contributed by atoms with E-state index in [4.69, 9.17) is 0 Å². The largest absolute Gasteiger partial charge is 0.349 e. The van der Waals surface area contributed by atoms with Crippen LogP contribution in [0.4, 0.5) is 9.80 Å². The number of nitrogens with zero attached hydrogens (tertiary/aromatic N) is 3. The normalized spacial score (nSPS) is 13.3. The van der Waals surface area contributed by atoms with Gasteiger partial charge >= 0.3 is 6.03 Å². The summed E-state index contributed by atoms with van der Waals surface area (Å²) in [5, 5.41) is 5.22. The van der Waals surface area contributed by atoms with E-state index in [1.165, 1.54) is 23.8 Å². The van der Waals surface area contributed by atoms with Crippen molar-refractivity contribution in [2.45, 2.75) is 0 Å². The molecule has 0 fully saturated rings. The minimum Gasteiger partial charge on any atom is -0.297 e. The first-order chi connectivity index (χ1) is 6.84. The van der Waals surface area contributed by atoms with Crippen molar-refractivity contribution in [1.29, 1.82) is 0 Å². The van der Waals surface area contributed by atoms with Gasteiger partial charge in [-0.3, -0.25) is 5.32 Å². The lowest BCUT2D eigenvalue weighted by Crippen LogP contribution is -2.06. The van der Waals surface area contributed by atoms with Gasteiger partial charge in [0.25, 0.3) is 5.96 Å². The molecule has 2 amide bonds. The average molecular weight is 206 g/mol. The Labute approximate surface area is 83.9 Å². The van der Waals surface area contributed by atoms with E-state index in [2.05, 4.69) is 20.3 Å². The lowest BCUT2D eigenvalue weighted by molar-refractivity contribution is 0.259. The van der Waals surface area contributed by atoms with Crippen LogP contribution < -0.4 is 5.32 Å². The molecule has 14 heavy (non-hydrogen) atoms. The second kappa shape index (κ2) is 3.93. The summed E-state index contributed by atoms with van der Waals surface area (Å²) in [4.78, 5) is 22.4. The van der Waals surface area contributed by atoms with Crippen LogP contribution in [0, 0.1) is 0 Å². The maximum absolute atomic E-state index is 11.2. The van der Waals surface area contributed by atoms with Gasteiger partial charge in [-0.05, 0) is 17.5 Å². The maximum Gasteiger partial charge on any atom is 0.349 e. The zero-order valence-electron chi connectivity index (χ0n) is 7.04. The van der Waals surface area contributed by atoms with Gasteiger partial charge in [-0.1, -0.05) is 0 Å². The summed E-state index contributed by atoms with van der Waals surface area (Å²) < 4.78 is 0. The number of rotatable bonds is 1. The zero-order valence-corrected chi connectivity index (χ0v) is 7.86. The lowest BCUT2D eigenvalue weighted by Gasteiger charge is -1.95. The molecule has 0 aromatic carbocycles. The highest BCUT2D eigenvalue weighted by Gasteiger charge is 2.03. The summed E-state index contributed by atoms with van der Waals surface area (Å²) >= 11 is 1.43. The van der Waals surface area contributed by atoms with Gasteiger partial charge < -0.3 is 0 Å². The van der Waals surface area contributed by atoms with Crippen molar-refractivity contribution >= 4 is 40.8 Å². The monoisotopic (exact) mass is 206 g/mol. The molecule has 1 aromatic heterocycles. The summed E-state index contributed by atoms with van der Waals surface area (Å²) in [6.07, 6.45) is 2.97. The van der Waals surface area contributed by atoms with Crippen LogP contribution in [0.3, 0.4) is 0 Å². The first-order valence-corrected chi connectivity index (χ1v) is 4.72. The Hall–Kier alpha value is -1.82. The van der Waals surface area contributed by atoms with Crippen LogP contribution in [0.1, 0.15) is 0 Å². The Bertz CT molecular complexity index is 405. The minimum absolute atomic E-state index is 0.180. The van der Waals surface area contributed by atoms with Gasteiger partial charge in [0.1, 0.15) is 0 Å². The van der Waals surface area contributed by atoms with Gasteiger partial charge in [-0.15, -0.1) is 11.3 Å². The summed E-state index contributed by atoms with van der Waals surface area (Å²) in [7, 11) is 0. The zero-order chi connectivity index (χ0) is 9.80. The van der Waals surface area contributed by atoms with Gasteiger partial charge in [-0.25, -0.2) is 14.8 Å². The van der Waals surface area contributed by atoms with Gasteiger partial charge in [0.05, 0.1) is 5.00 Å². The molecule has 0 radical (unpaired) electrons. The standard InChI is InChI=1S/C8H6N4OS/c13-8(11-6-2-1-5-14-6)12-7-9-3-4-10-7/h1-5H,(H,11,13). The van der Waals surface area contributed by atoms with Crippen molar-refractivity contribution in [3.05, 3.63) is 17.5 Å². The van der Waals surface area contributed by atoms with Crippen molar-refractivity contribution in [1.82, 2.24) is 0 Å². The molecule has 0 aliphatic carbocycles. The predicted octanol–water partition coefficient (Wildman–Crippen LogP) is 1.79. The van der Waals surface area contributed by atoms with Crippen molar-refractivity contribution < 1.29 is 4.79 Å². The van der Waals surface area contributed by atoms with E-state index in [9.17, 15) is 4.79 Å². The van der Waals surface area contributed by atoms with Crippen LogP contribution in [0.25, 0.3) is 0 Å². The molecule has 0 unspecified atom stereocenters. The SMILES string of the molecule is O=C(N=C1N=CC=N1)Nc1cccs1. The van der Waals surface area contributed by atoms with Crippen molar-refractivity contribution in [2.24, 2.45) is 15.0 Å². The van der Waals surface area contributed by atoms with Crippen molar-refractivity contribution in [2.75, 3.05) is 5.32 Å². The molecule has 1 aliphatic heterocycles. The van der Waals surface area contributed by atoms with Gasteiger partial charge in [0.2, 0.25) is 0 Å². The molecule has 0 bridgehead atoms. The molecule has 0 atom stereocenters. The van der Waals surface area contributed by atoms with E-state index in [0.29, 0.717) is 0 Å². The molecule has 0 saturated carbocycles. The fraction of sp³-hybridized carbons (Fsp3) is 0. The van der Waals surface area contributed by atoms with Crippen LogP contribution in [0.2, 0.25) is 0 Å². The second-order valence-corrected chi connectivity index (χ2v) is 3.32. The molecule has 2 heterocycles. The molecule has 6 heteroatoms. The third kappa shape index (κ3) is 2.11. The third-order valence-electron chi connectivity index (χ3n) is 1.40. The Balaban J connectivity index is 2.00. The molecule has 1 N–H and O–H groups in total. The molecule has 70 valence electrons. The number of aliphatic imine (C=N–C) groups is 3. The highest BCUT2D eigenvalue weighted by Crippen LogP contribution is 2.14. The highest BCUT2D eigenvalue weighted by molar-refractivity contribution is 7.14. The number of nitrogens with one attached hydrogen (secondary N) is 1. The number of carbonyl (C=O) groups excluding carboxylic acids is 1. The van der Waals surface area contributed by atoms with Crippen molar-refractivity contribution in [3.8, 4) is 0 Å². The Morgan fingerprint density at radius 3 is 2.86 bits per heavy atom. The van der Waals surface area contributed by atoms with E-state index < -0.39 is 6.03 Å². The molecule has 0 spiro atoms. The number of amides is 2. The minimum atomic E-state index is -0.460. The Morgan fingerprint density at radius 2 is 2.21 bits per heavy atom. The fourth-order valence-electron chi connectivity index (χ4n) is 0.865. The van der Waals surface area contributed by atoms with Crippen LogP contribution in [-0.2, 0) is 0 Å². The summed E-state index contributed by atoms with van der Waals surface area (Å²) in [5.41, 5.74) is 0. The van der Waals surface area contributed by atoms with Crippen LogP contribution >= 0.6 is 11.3 Å². The van der Waals surface area contributed by atoms with E-state index >= 15 is 0 Å². The quantitative estimate of drug-likeness (QED) is 0.747. The molecule has 1 aliphatic rings. The number of anilines is 1. The topological polar surface area (TPSA) is 66.2 Å². The average Bonchev–Trinajstić information content (AvgIpc) is 2.76. The molecule has 1 aromatic rings. The van der Waals surface area contributed by atoms with E-state index in [0.717, 1.165) is 5.00 Å². The molecule has 0 saturated heterocycles. The maximum atomic E-state index is 11.2. The lowest BCUT2D eigenvalue weighted by atomic mass is 10.6. The summed E-state index contributed by atoms with van der Waals surface area (Å²) in [6, 6.07) is 3.18. The number of hydrogen-bond donors (Lipinski definition) is 1. The predicted molar refractivity (Wildman–Crippen MR) is 57.8 cm³/mol. The molecule has 5 nitrogen and oxygen atoms in total. The van der Waals surface area contributed by atoms with Gasteiger partial charge in [0, 0.05) is 12.4 Å². The summed E-state index contributed by atoms with van der Waals surface area (Å²) in [6.45, 7) is 0. The van der Waals surface area contributed by atoms with Crippen LogP contribution in [0.15, 0.2) is 32.5 Å². The Morgan fingerprint density at radius 1 is 1.43 bits per heavy atom. The number of carbonyl (C=O) groups is 1. The number of hydrogen-bond acceptors (Lipinski definition) is 2. The third-order valence-corrected chi connectivity index (χ3v) is 2.18. The van der Waals surface area contributed by atoms with Gasteiger partial charge in [0.15, 0.2) is 0 Å². The molecule has 2 rings (SSSR count). The van der Waals surface area contributed by atoms with E-state index in [1.54, 1.807) is 6.07 Å². The van der Waals surface area contributed by atoms with Crippen molar-refractivity contribution in [3.63, 3.8) is 0 Å². The first kappa shape index (κ1) is 8.76. The van der Waals surface area contributed by atoms with Crippen LogP contribution in [0.5, 0.6) is 0 Å². The molecular weight excluding hydrogens is 200 g/mol. The summed E-state index contributed by atoms with van der Waals surface area (Å²) in [5.74, 6) is 0.180. The Kier molecular flexibility index (Phi) is 2.46. The fourth-order valence-corrected chi connectivity index (χ4v) is 1.47. The number of thiophene rings is 1. The highest BCUT2D eigenvalue weighted by atomic mass is 32.1. The van der Waals surface area contributed by atoms with Gasteiger partial charge in [-0.2, -0.15) is 4.99 Å². The number of guanidine groups is 1.